The number of hydrogen-bond acceptors (Lipinski definition) is 3. The zero-order valence-corrected chi connectivity index (χ0v) is 12.7. The van der Waals surface area contributed by atoms with Crippen molar-refractivity contribution in [3.05, 3.63) is 57.7 Å². The monoisotopic (exact) mass is 380 g/mol. The van der Waals surface area contributed by atoms with E-state index in [1.165, 1.54) is 11.3 Å². The number of hydrogen-bond donors (Lipinski definition) is 1. The molecule has 1 aromatic heterocycles. The third-order valence-corrected chi connectivity index (χ3v) is 4.29. The highest BCUT2D eigenvalue weighted by molar-refractivity contribution is 14.1. The molecule has 5 heteroatoms. The van der Waals surface area contributed by atoms with E-state index in [9.17, 15) is 4.79 Å². The number of carbonyl (C=O) groups is 1. The van der Waals surface area contributed by atoms with Crippen LogP contribution in [-0.4, -0.2) is 10.9 Å². The Hall–Kier alpha value is -1.47. The first-order valence-electron chi connectivity index (χ1n) is 5.65. The maximum absolute atomic E-state index is 12.1. The molecule has 19 heavy (non-hydrogen) atoms. The second-order valence-corrected chi connectivity index (χ2v) is 6.22. The van der Waals surface area contributed by atoms with Crippen LogP contribution in [0.1, 0.15) is 10.4 Å². The minimum atomic E-state index is -0.129. The number of nitrogens with one attached hydrogen (secondary N) is 1. The Morgan fingerprint density at radius 2 is 1.84 bits per heavy atom. The molecule has 3 rings (SSSR count). The summed E-state index contributed by atoms with van der Waals surface area (Å²) in [5.41, 5.74) is 1.55. The number of para-hydroxylation sites is 1. The van der Waals surface area contributed by atoms with Crippen LogP contribution < -0.4 is 5.32 Å². The molecule has 0 saturated carbocycles. The lowest BCUT2D eigenvalue weighted by atomic mass is 10.2. The van der Waals surface area contributed by atoms with Crippen molar-refractivity contribution in [1.29, 1.82) is 0 Å². The molecule has 0 unspecified atom stereocenters. The molecule has 0 radical (unpaired) electrons. The van der Waals surface area contributed by atoms with Crippen molar-refractivity contribution in [2.45, 2.75) is 0 Å². The maximum atomic E-state index is 12.1. The Kier molecular flexibility index (Phi) is 3.48. The second kappa shape index (κ2) is 5.26. The maximum Gasteiger partial charge on any atom is 0.257 e. The average molecular weight is 380 g/mol. The highest BCUT2D eigenvalue weighted by Crippen LogP contribution is 2.25. The third kappa shape index (κ3) is 2.76. The molecule has 1 amide bonds. The summed E-state index contributed by atoms with van der Waals surface area (Å²) >= 11 is 3.69. The molecule has 1 N–H and O–H groups in total. The Labute approximate surface area is 127 Å². The number of carbonyl (C=O) groups excluding carboxylic acids is 1. The van der Waals surface area contributed by atoms with Gasteiger partial charge in [0.15, 0.2) is 5.13 Å². The molecule has 0 saturated heterocycles. The van der Waals surface area contributed by atoms with Gasteiger partial charge < -0.3 is 0 Å². The molecule has 0 aliphatic heterocycles. The van der Waals surface area contributed by atoms with Crippen molar-refractivity contribution in [1.82, 2.24) is 4.98 Å². The number of rotatable bonds is 2. The fourth-order valence-electron chi connectivity index (χ4n) is 1.70. The molecule has 0 aliphatic carbocycles. The highest BCUT2D eigenvalue weighted by atomic mass is 127. The molecule has 1 heterocycles. The predicted molar refractivity (Wildman–Crippen MR) is 86.7 cm³/mol. The zero-order valence-electron chi connectivity index (χ0n) is 9.76. The molecular formula is C14H9IN2OS. The summed E-state index contributed by atoms with van der Waals surface area (Å²) in [6, 6.07) is 15.3. The first kappa shape index (κ1) is 12.6. The second-order valence-electron chi connectivity index (χ2n) is 3.95. The predicted octanol–water partition coefficient (Wildman–Crippen LogP) is 4.15. The van der Waals surface area contributed by atoms with Gasteiger partial charge in [0, 0.05) is 9.13 Å². The van der Waals surface area contributed by atoms with Crippen LogP contribution in [0, 0.1) is 3.57 Å². The van der Waals surface area contributed by atoms with Crippen LogP contribution in [0.4, 0.5) is 5.13 Å². The van der Waals surface area contributed by atoms with Gasteiger partial charge in [0.1, 0.15) is 0 Å². The topological polar surface area (TPSA) is 42.0 Å². The summed E-state index contributed by atoms with van der Waals surface area (Å²) in [7, 11) is 0. The molecule has 0 aliphatic rings. The quantitative estimate of drug-likeness (QED) is 0.679. The van der Waals surface area contributed by atoms with E-state index in [4.69, 9.17) is 0 Å². The van der Waals surface area contributed by atoms with Crippen LogP contribution in [0.15, 0.2) is 48.5 Å². The third-order valence-electron chi connectivity index (χ3n) is 2.62. The Bertz CT molecular complexity index is 704. The molecule has 0 atom stereocenters. The van der Waals surface area contributed by atoms with Crippen LogP contribution in [0.5, 0.6) is 0 Å². The molecule has 3 nitrogen and oxygen atoms in total. The van der Waals surface area contributed by atoms with E-state index in [0.717, 1.165) is 13.8 Å². The van der Waals surface area contributed by atoms with Crippen LogP contribution in [0.25, 0.3) is 10.2 Å². The first-order chi connectivity index (χ1) is 9.22. The van der Waals surface area contributed by atoms with Crippen molar-refractivity contribution < 1.29 is 4.79 Å². The highest BCUT2D eigenvalue weighted by Gasteiger charge is 2.09. The van der Waals surface area contributed by atoms with Gasteiger partial charge in [-0.2, -0.15) is 0 Å². The molecule has 0 fully saturated rings. The first-order valence-corrected chi connectivity index (χ1v) is 7.54. The van der Waals surface area contributed by atoms with Gasteiger partial charge in [-0.05, 0) is 59.0 Å². The number of nitrogens with zero attached hydrogens (tertiary/aromatic N) is 1. The van der Waals surface area contributed by atoms with E-state index in [2.05, 4.69) is 32.9 Å². The van der Waals surface area contributed by atoms with Gasteiger partial charge in [0.25, 0.3) is 5.91 Å². The summed E-state index contributed by atoms with van der Waals surface area (Å²) in [5, 5.41) is 3.46. The molecular weight excluding hydrogens is 371 g/mol. The largest absolute Gasteiger partial charge is 0.298 e. The number of fused-ring (bicyclic) bond motifs is 1. The normalized spacial score (nSPS) is 10.6. The van der Waals surface area contributed by atoms with Gasteiger partial charge in [0.05, 0.1) is 10.2 Å². The zero-order chi connectivity index (χ0) is 13.2. The average Bonchev–Trinajstić information content (AvgIpc) is 2.81. The van der Waals surface area contributed by atoms with Crippen LogP contribution >= 0.6 is 33.9 Å². The standard InChI is InChI=1S/C14H9IN2OS/c15-10-7-5-9(6-8-10)13(18)17-14-16-11-3-1-2-4-12(11)19-14/h1-8H,(H,16,17,18). The van der Waals surface area contributed by atoms with Gasteiger partial charge in [-0.15, -0.1) is 0 Å². The minimum Gasteiger partial charge on any atom is -0.298 e. The van der Waals surface area contributed by atoms with Gasteiger partial charge in [-0.25, -0.2) is 4.98 Å². The summed E-state index contributed by atoms with van der Waals surface area (Å²) in [4.78, 5) is 16.4. The van der Waals surface area contributed by atoms with Crippen molar-refractivity contribution in [2.75, 3.05) is 5.32 Å². The molecule has 3 aromatic rings. The van der Waals surface area contributed by atoms with E-state index < -0.39 is 0 Å². The summed E-state index contributed by atoms with van der Waals surface area (Å²) in [6.45, 7) is 0. The molecule has 94 valence electrons. The lowest BCUT2D eigenvalue weighted by Crippen LogP contribution is -2.11. The van der Waals surface area contributed by atoms with Gasteiger partial charge in [-0.3, -0.25) is 10.1 Å². The van der Waals surface area contributed by atoms with E-state index in [0.29, 0.717) is 10.7 Å². The Morgan fingerprint density at radius 3 is 2.58 bits per heavy atom. The number of benzene rings is 2. The number of halogens is 1. The number of thiazole rings is 1. The Balaban J connectivity index is 1.84. The van der Waals surface area contributed by atoms with Crippen molar-refractivity contribution in [2.24, 2.45) is 0 Å². The lowest BCUT2D eigenvalue weighted by Gasteiger charge is -2.01. The number of aromatic nitrogens is 1. The fraction of sp³-hybridized carbons (Fsp3) is 0. The number of anilines is 1. The van der Waals surface area contributed by atoms with Crippen molar-refractivity contribution in [3.8, 4) is 0 Å². The van der Waals surface area contributed by atoms with Crippen LogP contribution in [-0.2, 0) is 0 Å². The SMILES string of the molecule is O=C(Nc1nc2ccccc2s1)c1ccc(I)cc1. The van der Waals surface area contributed by atoms with E-state index >= 15 is 0 Å². The molecule has 2 aromatic carbocycles. The Morgan fingerprint density at radius 1 is 1.11 bits per heavy atom. The summed E-state index contributed by atoms with van der Waals surface area (Å²) < 4.78 is 2.18. The number of amides is 1. The fourth-order valence-corrected chi connectivity index (χ4v) is 2.92. The van der Waals surface area contributed by atoms with Crippen molar-refractivity contribution in [3.63, 3.8) is 0 Å². The van der Waals surface area contributed by atoms with Crippen LogP contribution in [0.3, 0.4) is 0 Å². The van der Waals surface area contributed by atoms with Gasteiger partial charge in [-0.1, -0.05) is 23.5 Å². The van der Waals surface area contributed by atoms with Gasteiger partial charge >= 0.3 is 0 Å². The summed E-state index contributed by atoms with van der Waals surface area (Å²) in [5.74, 6) is -0.129. The molecule has 0 bridgehead atoms. The minimum absolute atomic E-state index is 0.129. The van der Waals surface area contributed by atoms with Gasteiger partial charge in [0.2, 0.25) is 0 Å². The van der Waals surface area contributed by atoms with Crippen molar-refractivity contribution >= 4 is 55.2 Å². The van der Waals surface area contributed by atoms with E-state index in [1.54, 1.807) is 0 Å². The molecule has 0 spiro atoms. The lowest BCUT2D eigenvalue weighted by molar-refractivity contribution is 0.102. The summed E-state index contributed by atoms with van der Waals surface area (Å²) in [6.07, 6.45) is 0. The van der Waals surface area contributed by atoms with E-state index in [-0.39, 0.29) is 5.91 Å². The smallest absolute Gasteiger partial charge is 0.257 e. The van der Waals surface area contributed by atoms with Crippen LogP contribution in [0.2, 0.25) is 0 Å². The van der Waals surface area contributed by atoms with E-state index in [1.807, 2.05) is 48.5 Å².